The number of ketones is 1. The van der Waals surface area contributed by atoms with Gasteiger partial charge in [-0.05, 0) is 20.8 Å². The molecular weight excluding hydrogens is 222 g/mol. The highest BCUT2D eigenvalue weighted by Gasteiger charge is 2.27. The second kappa shape index (κ2) is 5.09. The Labute approximate surface area is 99.6 Å². The Hall–Kier alpha value is -1.69. The van der Waals surface area contributed by atoms with Crippen molar-refractivity contribution in [2.75, 3.05) is 0 Å². The van der Waals surface area contributed by atoms with E-state index in [0.717, 1.165) is 0 Å². The summed E-state index contributed by atoms with van der Waals surface area (Å²) >= 11 is 0. The maximum absolute atomic E-state index is 11.6. The number of esters is 1. The fourth-order valence-corrected chi connectivity index (χ4v) is 1.21. The van der Waals surface area contributed by atoms with E-state index in [9.17, 15) is 9.59 Å². The molecule has 1 atom stereocenters. The van der Waals surface area contributed by atoms with Gasteiger partial charge in [0.1, 0.15) is 5.60 Å². The second-order valence-electron chi connectivity index (χ2n) is 4.75. The van der Waals surface area contributed by atoms with E-state index in [1.165, 1.54) is 6.33 Å². The highest BCUT2D eigenvalue weighted by Crippen LogP contribution is 2.08. The molecule has 0 saturated heterocycles. The normalized spacial score (nSPS) is 13.2. The van der Waals surface area contributed by atoms with Crippen molar-refractivity contribution in [2.24, 2.45) is 5.73 Å². The van der Waals surface area contributed by atoms with Crippen molar-refractivity contribution in [3.05, 3.63) is 18.2 Å². The van der Waals surface area contributed by atoms with Gasteiger partial charge in [0.25, 0.3) is 5.78 Å². The first-order chi connectivity index (χ1) is 7.79. The summed E-state index contributed by atoms with van der Waals surface area (Å²) in [5.74, 6) is -1.63. The van der Waals surface area contributed by atoms with E-state index in [1.54, 1.807) is 27.0 Å². The molecule has 0 aliphatic carbocycles. The number of nitrogens with two attached hydrogens (primary N) is 1. The van der Waals surface area contributed by atoms with E-state index in [4.69, 9.17) is 10.5 Å². The van der Waals surface area contributed by atoms with Crippen LogP contribution in [0.2, 0.25) is 0 Å². The predicted octanol–water partition coefficient (Wildman–Crippen LogP) is 0.190. The minimum atomic E-state index is -0.912. The van der Waals surface area contributed by atoms with Crippen molar-refractivity contribution in [3.63, 3.8) is 0 Å². The molecule has 0 bridgehead atoms. The quantitative estimate of drug-likeness (QED) is 0.577. The van der Waals surface area contributed by atoms with Crippen LogP contribution >= 0.6 is 0 Å². The topological polar surface area (TPSA) is 98.1 Å². The molecule has 1 aromatic rings. The Kier molecular flexibility index (Phi) is 4.01. The summed E-state index contributed by atoms with van der Waals surface area (Å²) in [7, 11) is 0. The summed E-state index contributed by atoms with van der Waals surface area (Å²) < 4.78 is 4.95. The number of rotatable bonds is 4. The van der Waals surface area contributed by atoms with Gasteiger partial charge in [0, 0.05) is 18.3 Å². The maximum atomic E-state index is 11.6. The standard InChI is InChI=1S/C11H17N3O3/c1-11(2,3)17-10(16)9(15)8(12)4-7-5-13-6-14-7/h5-6,8H,4,12H2,1-3H3,(H,13,14)/t8-/m0/s1. The van der Waals surface area contributed by atoms with Crippen molar-refractivity contribution in [3.8, 4) is 0 Å². The Morgan fingerprint density at radius 3 is 2.65 bits per heavy atom. The third-order valence-corrected chi connectivity index (χ3v) is 1.93. The van der Waals surface area contributed by atoms with Gasteiger partial charge in [-0.2, -0.15) is 0 Å². The van der Waals surface area contributed by atoms with Crippen molar-refractivity contribution in [2.45, 2.75) is 38.8 Å². The maximum Gasteiger partial charge on any atom is 0.376 e. The van der Waals surface area contributed by atoms with Crippen LogP contribution in [0.3, 0.4) is 0 Å². The van der Waals surface area contributed by atoms with E-state index < -0.39 is 23.4 Å². The molecule has 0 amide bonds. The molecular formula is C11H17N3O3. The zero-order valence-electron chi connectivity index (χ0n) is 10.2. The zero-order chi connectivity index (χ0) is 13.1. The van der Waals surface area contributed by atoms with Gasteiger partial charge in [-0.1, -0.05) is 0 Å². The molecule has 0 unspecified atom stereocenters. The lowest BCUT2D eigenvalue weighted by molar-refractivity contribution is -0.162. The zero-order valence-corrected chi connectivity index (χ0v) is 10.2. The third-order valence-electron chi connectivity index (χ3n) is 1.93. The van der Waals surface area contributed by atoms with E-state index in [-0.39, 0.29) is 6.42 Å². The number of carbonyl (C=O) groups excluding carboxylic acids is 2. The summed E-state index contributed by atoms with van der Waals surface area (Å²) in [5.41, 5.74) is 5.64. The van der Waals surface area contributed by atoms with Crippen molar-refractivity contribution in [1.82, 2.24) is 9.97 Å². The lowest BCUT2D eigenvalue weighted by atomic mass is 10.1. The van der Waals surface area contributed by atoms with Crippen molar-refractivity contribution >= 4 is 11.8 Å². The molecule has 0 saturated carbocycles. The number of aromatic nitrogens is 2. The summed E-state index contributed by atoms with van der Waals surface area (Å²) in [5, 5.41) is 0. The van der Waals surface area contributed by atoms with Crippen LogP contribution in [0.4, 0.5) is 0 Å². The summed E-state index contributed by atoms with van der Waals surface area (Å²) in [6, 6.07) is -0.912. The first kappa shape index (κ1) is 13.4. The molecule has 1 aromatic heterocycles. The molecule has 0 spiro atoms. The summed E-state index contributed by atoms with van der Waals surface area (Å²) in [6.45, 7) is 5.08. The van der Waals surface area contributed by atoms with Crippen molar-refractivity contribution < 1.29 is 14.3 Å². The molecule has 6 heteroatoms. The average Bonchev–Trinajstić information content (AvgIpc) is 2.66. The molecule has 0 aliphatic heterocycles. The van der Waals surface area contributed by atoms with Gasteiger partial charge in [0.15, 0.2) is 0 Å². The second-order valence-corrected chi connectivity index (χ2v) is 4.75. The number of hydrogen-bond donors (Lipinski definition) is 2. The van der Waals surface area contributed by atoms with Crippen LogP contribution in [0.5, 0.6) is 0 Å². The van der Waals surface area contributed by atoms with E-state index in [1.807, 2.05) is 0 Å². The van der Waals surface area contributed by atoms with Crippen LogP contribution in [0, 0.1) is 0 Å². The number of nitrogens with zero attached hydrogens (tertiary/aromatic N) is 1. The van der Waals surface area contributed by atoms with Gasteiger partial charge >= 0.3 is 5.97 Å². The van der Waals surface area contributed by atoms with Crippen molar-refractivity contribution in [1.29, 1.82) is 0 Å². The highest BCUT2D eigenvalue weighted by atomic mass is 16.6. The Morgan fingerprint density at radius 2 is 2.18 bits per heavy atom. The average molecular weight is 239 g/mol. The smallest absolute Gasteiger partial charge is 0.376 e. The molecule has 1 rings (SSSR count). The first-order valence-electron chi connectivity index (χ1n) is 5.29. The van der Waals surface area contributed by atoms with Crippen LogP contribution in [0.25, 0.3) is 0 Å². The highest BCUT2D eigenvalue weighted by molar-refractivity contribution is 6.35. The fraction of sp³-hybridized carbons (Fsp3) is 0.545. The molecule has 94 valence electrons. The molecule has 0 fully saturated rings. The largest absolute Gasteiger partial charge is 0.454 e. The SMILES string of the molecule is CC(C)(C)OC(=O)C(=O)[C@@H](N)Cc1cnc[nH]1. The van der Waals surface area contributed by atoms with Crippen LogP contribution in [-0.2, 0) is 20.7 Å². The lowest BCUT2D eigenvalue weighted by Crippen LogP contribution is -2.41. The number of imidazole rings is 1. The number of hydrogen-bond acceptors (Lipinski definition) is 5. The van der Waals surface area contributed by atoms with Gasteiger partial charge in [0.05, 0.1) is 12.4 Å². The summed E-state index contributed by atoms with van der Waals surface area (Å²) in [6.07, 6.45) is 3.28. The minimum absolute atomic E-state index is 0.234. The molecule has 6 nitrogen and oxygen atoms in total. The van der Waals surface area contributed by atoms with Gasteiger partial charge in [-0.3, -0.25) is 4.79 Å². The van der Waals surface area contributed by atoms with Crippen LogP contribution < -0.4 is 5.73 Å². The van der Waals surface area contributed by atoms with Crippen LogP contribution in [0.1, 0.15) is 26.5 Å². The minimum Gasteiger partial charge on any atom is -0.454 e. The Morgan fingerprint density at radius 1 is 1.53 bits per heavy atom. The Bertz CT molecular complexity index is 393. The van der Waals surface area contributed by atoms with Gasteiger partial charge in [0.2, 0.25) is 0 Å². The number of carbonyl (C=O) groups is 2. The Balaban J connectivity index is 2.55. The lowest BCUT2D eigenvalue weighted by Gasteiger charge is -2.19. The number of H-pyrrole nitrogens is 1. The predicted molar refractivity (Wildman–Crippen MR) is 61.1 cm³/mol. The number of nitrogens with one attached hydrogen (secondary N) is 1. The van der Waals surface area contributed by atoms with E-state index in [2.05, 4.69) is 9.97 Å². The van der Waals surface area contributed by atoms with E-state index >= 15 is 0 Å². The third kappa shape index (κ3) is 4.36. The monoisotopic (exact) mass is 239 g/mol. The van der Waals surface area contributed by atoms with Gasteiger partial charge in [-0.25, -0.2) is 9.78 Å². The van der Waals surface area contributed by atoms with Crippen LogP contribution in [0.15, 0.2) is 12.5 Å². The fourth-order valence-electron chi connectivity index (χ4n) is 1.21. The van der Waals surface area contributed by atoms with Gasteiger partial charge < -0.3 is 15.5 Å². The molecule has 0 aromatic carbocycles. The summed E-state index contributed by atoms with van der Waals surface area (Å²) in [4.78, 5) is 29.7. The number of Topliss-reactive ketones (excluding diaryl/α,β-unsaturated/α-hetero) is 1. The number of ether oxygens (including phenoxy) is 1. The molecule has 0 radical (unpaired) electrons. The molecule has 0 aliphatic rings. The van der Waals surface area contributed by atoms with Crippen LogP contribution in [-0.4, -0.2) is 33.4 Å². The van der Waals surface area contributed by atoms with E-state index in [0.29, 0.717) is 5.69 Å². The molecule has 3 N–H and O–H groups in total. The number of aromatic amines is 1. The first-order valence-corrected chi connectivity index (χ1v) is 5.29. The van der Waals surface area contributed by atoms with Gasteiger partial charge in [-0.15, -0.1) is 0 Å². The molecule has 17 heavy (non-hydrogen) atoms. The molecule has 1 heterocycles.